The second kappa shape index (κ2) is 4.78. The SMILES string of the molecule is CCC(CC)[C@@H]1O[C@H]1S(=O)(=O)c1ccccc1. The Morgan fingerprint density at radius 2 is 1.76 bits per heavy atom. The Kier molecular flexibility index (Phi) is 3.54. The Morgan fingerprint density at radius 3 is 2.29 bits per heavy atom. The number of benzene rings is 1. The molecule has 1 aliphatic heterocycles. The molecule has 94 valence electrons. The third-order valence-electron chi connectivity index (χ3n) is 3.37. The first kappa shape index (κ1) is 12.6. The molecule has 0 unspecified atom stereocenters. The Balaban J connectivity index is 2.16. The zero-order chi connectivity index (χ0) is 12.5. The lowest BCUT2D eigenvalue weighted by atomic mass is 10.0. The molecule has 1 aliphatic rings. The maximum absolute atomic E-state index is 12.2. The summed E-state index contributed by atoms with van der Waals surface area (Å²) in [4.78, 5) is 0.360. The molecule has 0 spiro atoms. The first-order valence-electron chi connectivity index (χ1n) is 6.05. The van der Waals surface area contributed by atoms with Gasteiger partial charge < -0.3 is 4.74 Å². The van der Waals surface area contributed by atoms with Crippen LogP contribution in [0.3, 0.4) is 0 Å². The molecule has 2 atom stereocenters. The summed E-state index contributed by atoms with van der Waals surface area (Å²) >= 11 is 0. The minimum absolute atomic E-state index is 0.116. The van der Waals surface area contributed by atoms with Crippen molar-refractivity contribution in [2.24, 2.45) is 5.92 Å². The van der Waals surface area contributed by atoms with E-state index in [1.54, 1.807) is 24.3 Å². The normalized spacial score (nSPS) is 23.9. The van der Waals surface area contributed by atoms with Crippen LogP contribution in [-0.2, 0) is 14.6 Å². The number of epoxide rings is 1. The van der Waals surface area contributed by atoms with Gasteiger partial charge in [0.25, 0.3) is 0 Å². The molecule has 1 fully saturated rings. The number of hydrogen-bond donors (Lipinski definition) is 0. The summed E-state index contributed by atoms with van der Waals surface area (Å²) in [5.74, 6) is 0.346. The predicted molar refractivity (Wildman–Crippen MR) is 66.4 cm³/mol. The minimum atomic E-state index is -3.30. The van der Waals surface area contributed by atoms with E-state index in [2.05, 4.69) is 13.8 Å². The molecule has 1 saturated heterocycles. The van der Waals surface area contributed by atoms with Gasteiger partial charge in [-0.15, -0.1) is 0 Å². The van der Waals surface area contributed by atoms with Crippen LogP contribution in [0.2, 0.25) is 0 Å². The summed E-state index contributed by atoms with van der Waals surface area (Å²) in [5.41, 5.74) is -0.630. The molecule has 0 bridgehead atoms. The van der Waals surface area contributed by atoms with Gasteiger partial charge in [0.1, 0.15) is 6.10 Å². The van der Waals surface area contributed by atoms with E-state index in [1.807, 2.05) is 6.07 Å². The van der Waals surface area contributed by atoms with Crippen molar-refractivity contribution in [3.63, 3.8) is 0 Å². The van der Waals surface area contributed by atoms with Crippen LogP contribution in [-0.4, -0.2) is 20.0 Å². The van der Waals surface area contributed by atoms with Crippen LogP contribution in [0.25, 0.3) is 0 Å². The minimum Gasteiger partial charge on any atom is -0.352 e. The third kappa shape index (κ3) is 2.38. The number of sulfone groups is 1. The molecule has 2 rings (SSSR count). The molecular formula is C13H18O3S. The fraction of sp³-hybridized carbons (Fsp3) is 0.538. The Hall–Kier alpha value is -0.870. The average molecular weight is 254 g/mol. The molecule has 4 heteroatoms. The quantitative estimate of drug-likeness (QED) is 0.759. The van der Waals surface area contributed by atoms with Crippen molar-refractivity contribution in [2.45, 2.75) is 43.1 Å². The van der Waals surface area contributed by atoms with Crippen molar-refractivity contribution in [1.29, 1.82) is 0 Å². The largest absolute Gasteiger partial charge is 0.352 e. The molecule has 3 nitrogen and oxygen atoms in total. The highest BCUT2D eigenvalue weighted by Crippen LogP contribution is 2.39. The second-order valence-electron chi connectivity index (χ2n) is 4.40. The van der Waals surface area contributed by atoms with E-state index in [9.17, 15) is 8.42 Å². The summed E-state index contributed by atoms with van der Waals surface area (Å²) < 4.78 is 29.8. The van der Waals surface area contributed by atoms with E-state index in [0.29, 0.717) is 10.8 Å². The van der Waals surface area contributed by atoms with Crippen LogP contribution in [0.15, 0.2) is 35.2 Å². The van der Waals surface area contributed by atoms with Gasteiger partial charge in [0.15, 0.2) is 5.44 Å². The van der Waals surface area contributed by atoms with E-state index in [1.165, 1.54) is 0 Å². The zero-order valence-corrected chi connectivity index (χ0v) is 11.0. The smallest absolute Gasteiger partial charge is 0.207 e. The van der Waals surface area contributed by atoms with Gasteiger partial charge in [0, 0.05) is 0 Å². The fourth-order valence-corrected chi connectivity index (χ4v) is 3.84. The lowest BCUT2D eigenvalue weighted by Gasteiger charge is -2.07. The maximum atomic E-state index is 12.2. The molecule has 1 aromatic rings. The highest BCUT2D eigenvalue weighted by Gasteiger charge is 2.52. The van der Waals surface area contributed by atoms with Crippen LogP contribution >= 0.6 is 0 Å². The van der Waals surface area contributed by atoms with Crippen molar-refractivity contribution >= 4 is 9.84 Å². The van der Waals surface area contributed by atoms with E-state index in [-0.39, 0.29) is 6.10 Å². The van der Waals surface area contributed by atoms with Crippen molar-refractivity contribution in [3.8, 4) is 0 Å². The average Bonchev–Trinajstić information content (AvgIpc) is 3.13. The summed E-state index contributed by atoms with van der Waals surface area (Å²) in [5, 5.41) is 0. The van der Waals surface area contributed by atoms with Crippen LogP contribution in [0.4, 0.5) is 0 Å². The second-order valence-corrected chi connectivity index (χ2v) is 6.43. The predicted octanol–water partition coefficient (Wildman–Crippen LogP) is 2.62. The van der Waals surface area contributed by atoms with Crippen molar-refractivity contribution in [3.05, 3.63) is 30.3 Å². The fourth-order valence-electron chi connectivity index (χ4n) is 2.19. The molecule has 17 heavy (non-hydrogen) atoms. The molecule has 1 aromatic carbocycles. The molecule has 0 aliphatic carbocycles. The van der Waals surface area contributed by atoms with Crippen LogP contribution < -0.4 is 0 Å². The molecule has 0 aromatic heterocycles. The van der Waals surface area contributed by atoms with Crippen molar-refractivity contribution in [2.75, 3.05) is 0 Å². The van der Waals surface area contributed by atoms with Crippen molar-refractivity contribution in [1.82, 2.24) is 0 Å². The first-order valence-corrected chi connectivity index (χ1v) is 7.60. The Bertz CT molecular complexity index is 463. The van der Waals surface area contributed by atoms with E-state index >= 15 is 0 Å². The Labute approximate surface area is 103 Å². The molecule has 0 amide bonds. The standard InChI is InChI=1S/C13H18O3S/c1-3-10(4-2)12-13(16-12)17(14,15)11-8-6-5-7-9-11/h5-10,12-13H,3-4H2,1-2H3/t12-,13-/m0/s1. The van der Waals surface area contributed by atoms with Crippen LogP contribution in [0.1, 0.15) is 26.7 Å². The molecule has 0 saturated carbocycles. The van der Waals surface area contributed by atoms with E-state index in [4.69, 9.17) is 4.74 Å². The van der Waals surface area contributed by atoms with Gasteiger partial charge in [-0.05, 0) is 18.1 Å². The van der Waals surface area contributed by atoms with Gasteiger partial charge in [-0.25, -0.2) is 8.42 Å². The molecule has 0 N–H and O–H groups in total. The van der Waals surface area contributed by atoms with Gasteiger partial charge in [0.2, 0.25) is 9.84 Å². The van der Waals surface area contributed by atoms with Crippen LogP contribution in [0, 0.1) is 5.92 Å². The topological polar surface area (TPSA) is 46.7 Å². The molecule has 1 heterocycles. The van der Waals surface area contributed by atoms with Gasteiger partial charge in [-0.2, -0.15) is 0 Å². The number of rotatable bonds is 5. The summed E-state index contributed by atoms with van der Waals surface area (Å²) in [6.45, 7) is 4.14. The van der Waals surface area contributed by atoms with Crippen LogP contribution in [0.5, 0.6) is 0 Å². The Morgan fingerprint density at radius 1 is 1.18 bits per heavy atom. The lowest BCUT2D eigenvalue weighted by molar-refractivity contribution is 0.312. The number of hydrogen-bond acceptors (Lipinski definition) is 3. The summed E-state index contributed by atoms with van der Waals surface area (Å²) in [7, 11) is -3.30. The summed E-state index contributed by atoms with van der Waals surface area (Å²) in [6, 6.07) is 8.54. The molecular weight excluding hydrogens is 236 g/mol. The van der Waals surface area contributed by atoms with Crippen molar-refractivity contribution < 1.29 is 13.2 Å². The third-order valence-corrected chi connectivity index (χ3v) is 5.29. The summed E-state index contributed by atoms with van der Waals surface area (Å²) in [6.07, 6.45) is 1.81. The first-order chi connectivity index (χ1) is 8.11. The lowest BCUT2D eigenvalue weighted by Crippen LogP contribution is -2.16. The molecule has 0 radical (unpaired) electrons. The van der Waals surface area contributed by atoms with Gasteiger partial charge in [0.05, 0.1) is 4.90 Å². The number of ether oxygens (including phenoxy) is 1. The highest BCUT2D eigenvalue weighted by atomic mass is 32.2. The van der Waals surface area contributed by atoms with Gasteiger partial charge in [-0.3, -0.25) is 0 Å². The van der Waals surface area contributed by atoms with E-state index in [0.717, 1.165) is 12.8 Å². The maximum Gasteiger partial charge on any atom is 0.207 e. The van der Waals surface area contributed by atoms with Gasteiger partial charge in [-0.1, -0.05) is 44.9 Å². The van der Waals surface area contributed by atoms with Gasteiger partial charge >= 0.3 is 0 Å². The zero-order valence-electron chi connectivity index (χ0n) is 10.2. The highest BCUT2D eigenvalue weighted by molar-refractivity contribution is 7.92. The monoisotopic (exact) mass is 254 g/mol. The van der Waals surface area contributed by atoms with E-state index < -0.39 is 15.3 Å².